The Hall–Kier alpha value is -1.78. The first-order chi connectivity index (χ1) is 10.2. The third-order valence-electron chi connectivity index (χ3n) is 2.95. The molecule has 0 unspecified atom stereocenters. The fourth-order valence-corrected chi connectivity index (χ4v) is 2.67. The Bertz CT molecular complexity index is 723. The van der Waals surface area contributed by atoms with E-state index in [4.69, 9.17) is 16.1 Å². The molecule has 0 saturated carbocycles. The standard InChI is InChI=1S/C16H13ClN2OS/c1-11-2-8-14(9-3-11)21-10-15-18-16(19-20-15)12-4-6-13(17)7-5-12/h2-9H,10H2,1H3. The van der Waals surface area contributed by atoms with Gasteiger partial charge in [0.05, 0.1) is 5.75 Å². The van der Waals surface area contributed by atoms with Gasteiger partial charge in [-0.3, -0.25) is 0 Å². The van der Waals surface area contributed by atoms with E-state index in [-0.39, 0.29) is 0 Å². The van der Waals surface area contributed by atoms with Crippen LogP contribution in [0.25, 0.3) is 11.4 Å². The van der Waals surface area contributed by atoms with Crippen molar-refractivity contribution in [2.45, 2.75) is 17.6 Å². The van der Waals surface area contributed by atoms with Crippen LogP contribution in [0.1, 0.15) is 11.5 Å². The van der Waals surface area contributed by atoms with Crippen molar-refractivity contribution in [3.63, 3.8) is 0 Å². The van der Waals surface area contributed by atoms with Gasteiger partial charge in [-0.25, -0.2) is 0 Å². The Morgan fingerprint density at radius 2 is 1.76 bits per heavy atom. The zero-order valence-corrected chi connectivity index (χ0v) is 13.0. The molecule has 0 aliphatic carbocycles. The van der Waals surface area contributed by atoms with Crippen LogP contribution >= 0.6 is 23.4 Å². The van der Waals surface area contributed by atoms with Gasteiger partial charge in [0.25, 0.3) is 0 Å². The summed E-state index contributed by atoms with van der Waals surface area (Å²) in [6, 6.07) is 15.8. The predicted octanol–water partition coefficient (Wildman–Crippen LogP) is 4.99. The number of aryl methyl sites for hydroxylation is 1. The monoisotopic (exact) mass is 316 g/mol. The molecular formula is C16H13ClN2OS. The molecule has 0 amide bonds. The molecule has 0 radical (unpaired) electrons. The van der Waals surface area contributed by atoms with E-state index < -0.39 is 0 Å². The summed E-state index contributed by atoms with van der Waals surface area (Å²) >= 11 is 7.54. The molecule has 0 spiro atoms. The zero-order chi connectivity index (χ0) is 14.7. The van der Waals surface area contributed by atoms with Gasteiger partial charge in [-0.1, -0.05) is 34.5 Å². The minimum absolute atomic E-state index is 0.589. The van der Waals surface area contributed by atoms with Crippen LogP contribution in [0.3, 0.4) is 0 Å². The van der Waals surface area contributed by atoms with Gasteiger partial charge in [0.1, 0.15) is 0 Å². The summed E-state index contributed by atoms with van der Waals surface area (Å²) in [5, 5.41) is 4.69. The van der Waals surface area contributed by atoms with Crippen LogP contribution in [0.4, 0.5) is 0 Å². The van der Waals surface area contributed by atoms with Crippen LogP contribution in [0, 0.1) is 6.92 Å². The van der Waals surface area contributed by atoms with E-state index in [1.54, 1.807) is 11.8 Å². The summed E-state index contributed by atoms with van der Waals surface area (Å²) < 4.78 is 5.28. The maximum atomic E-state index is 5.87. The van der Waals surface area contributed by atoms with Crippen molar-refractivity contribution in [2.24, 2.45) is 0 Å². The van der Waals surface area contributed by atoms with Crippen molar-refractivity contribution in [1.82, 2.24) is 10.1 Å². The highest BCUT2D eigenvalue weighted by Gasteiger charge is 2.09. The molecule has 0 N–H and O–H groups in total. The van der Waals surface area contributed by atoms with E-state index in [0.717, 1.165) is 5.56 Å². The van der Waals surface area contributed by atoms with E-state index in [9.17, 15) is 0 Å². The lowest BCUT2D eigenvalue weighted by Gasteiger charge is -1.98. The number of benzene rings is 2. The number of hydrogen-bond donors (Lipinski definition) is 0. The maximum absolute atomic E-state index is 5.87. The Morgan fingerprint density at radius 1 is 1.05 bits per heavy atom. The molecule has 0 saturated heterocycles. The highest BCUT2D eigenvalue weighted by atomic mass is 35.5. The molecule has 5 heteroatoms. The van der Waals surface area contributed by atoms with Crippen LogP contribution in [0.2, 0.25) is 5.02 Å². The Balaban J connectivity index is 1.67. The topological polar surface area (TPSA) is 38.9 Å². The molecule has 0 aliphatic rings. The van der Waals surface area contributed by atoms with Crippen LogP contribution < -0.4 is 0 Å². The number of rotatable bonds is 4. The van der Waals surface area contributed by atoms with Gasteiger partial charge in [-0.15, -0.1) is 11.8 Å². The summed E-state index contributed by atoms with van der Waals surface area (Å²) in [6.07, 6.45) is 0. The second-order valence-electron chi connectivity index (χ2n) is 4.62. The van der Waals surface area contributed by atoms with Crippen LogP contribution in [0.5, 0.6) is 0 Å². The number of aromatic nitrogens is 2. The molecule has 106 valence electrons. The molecule has 2 aromatic carbocycles. The van der Waals surface area contributed by atoms with Gasteiger partial charge in [-0.2, -0.15) is 4.98 Å². The van der Waals surface area contributed by atoms with E-state index >= 15 is 0 Å². The third-order valence-corrected chi connectivity index (χ3v) is 4.20. The van der Waals surface area contributed by atoms with Crippen molar-refractivity contribution in [1.29, 1.82) is 0 Å². The van der Waals surface area contributed by atoms with Crippen LogP contribution in [0.15, 0.2) is 57.9 Å². The second kappa shape index (κ2) is 6.33. The summed E-state index contributed by atoms with van der Waals surface area (Å²) in [7, 11) is 0. The van der Waals surface area contributed by atoms with E-state index in [0.29, 0.717) is 22.5 Å². The van der Waals surface area contributed by atoms with Crippen LogP contribution in [-0.2, 0) is 5.75 Å². The number of hydrogen-bond acceptors (Lipinski definition) is 4. The van der Waals surface area contributed by atoms with Gasteiger partial charge in [0.2, 0.25) is 11.7 Å². The minimum Gasteiger partial charge on any atom is -0.338 e. The third kappa shape index (κ3) is 3.65. The molecule has 0 bridgehead atoms. The van der Waals surface area contributed by atoms with Gasteiger partial charge >= 0.3 is 0 Å². The smallest absolute Gasteiger partial charge is 0.237 e. The predicted molar refractivity (Wildman–Crippen MR) is 85.5 cm³/mol. The average molecular weight is 317 g/mol. The lowest BCUT2D eigenvalue weighted by molar-refractivity contribution is 0.391. The van der Waals surface area contributed by atoms with Gasteiger partial charge in [-0.05, 0) is 43.3 Å². The fraction of sp³-hybridized carbons (Fsp3) is 0.125. The molecule has 21 heavy (non-hydrogen) atoms. The van der Waals surface area contributed by atoms with Crippen molar-refractivity contribution >= 4 is 23.4 Å². The zero-order valence-electron chi connectivity index (χ0n) is 11.4. The fourth-order valence-electron chi connectivity index (χ4n) is 1.81. The lowest BCUT2D eigenvalue weighted by Crippen LogP contribution is -1.83. The molecule has 0 aliphatic heterocycles. The number of halogens is 1. The molecule has 1 heterocycles. The van der Waals surface area contributed by atoms with Gasteiger partial charge in [0.15, 0.2) is 0 Å². The maximum Gasteiger partial charge on any atom is 0.237 e. The Labute approximate surface area is 132 Å². The lowest BCUT2D eigenvalue weighted by atomic mass is 10.2. The van der Waals surface area contributed by atoms with Gasteiger partial charge in [0, 0.05) is 15.5 Å². The number of thioether (sulfide) groups is 1. The highest BCUT2D eigenvalue weighted by molar-refractivity contribution is 7.98. The quantitative estimate of drug-likeness (QED) is 0.636. The molecule has 0 atom stereocenters. The summed E-state index contributed by atoms with van der Waals surface area (Å²) in [5.41, 5.74) is 2.15. The first-order valence-electron chi connectivity index (χ1n) is 6.49. The summed E-state index contributed by atoms with van der Waals surface area (Å²) in [4.78, 5) is 5.59. The number of nitrogens with zero attached hydrogens (tertiary/aromatic N) is 2. The summed E-state index contributed by atoms with van der Waals surface area (Å²) in [5.74, 6) is 1.86. The summed E-state index contributed by atoms with van der Waals surface area (Å²) in [6.45, 7) is 2.07. The first-order valence-corrected chi connectivity index (χ1v) is 7.85. The largest absolute Gasteiger partial charge is 0.338 e. The van der Waals surface area contributed by atoms with Gasteiger partial charge < -0.3 is 4.52 Å². The van der Waals surface area contributed by atoms with Crippen LogP contribution in [-0.4, -0.2) is 10.1 Å². The van der Waals surface area contributed by atoms with Crippen molar-refractivity contribution in [3.05, 3.63) is 65.0 Å². The molecular weight excluding hydrogens is 304 g/mol. The van der Waals surface area contributed by atoms with E-state index in [2.05, 4.69) is 41.3 Å². The van der Waals surface area contributed by atoms with E-state index in [1.165, 1.54) is 10.5 Å². The Kier molecular flexibility index (Phi) is 4.27. The SMILES string of the molecule is Cc1ccc(SCc2nc(-c3ccc(Cl)cc3)no2)cc1. The normalized spacial score (nSPS) is 10.8. The highest BCUT2D eigenvalue weighted by Crippen LogP contribution is 2.24. The molecule has 3 aromatic rings. The van der Waals surface area contributed by atoms with Crippen molar-refractivity contribution in [3.8, 4) is 11.4 Å². The molecule has 0 fully saturated rings. The minimum atomic E-state index is 0.589. The second-order valence-corrected chi connectivity index (χ2v) is 6.11. The van der Waals surface area contributed by atoms with E-state index in [1.807, 2.05) is 24.3 Å². The Morgan fingerprint density at radius 3 is 2.48 bits per heavy atom. The molecule has 3 rings (SSSR count). The first kappa shape index (κ1) is 14.2. The molecule has 3 nitrogen and oxygen atoms in total. The van der Waals surface area contributed by atoms with Crippen molar-refractivity contribution < 1.29 is 4.52 Å². The average Bonchev–Trinajstić information content (AvgIpc) is 2.96. The van der Waals surface area contributed by atoms with Crippen molar-refractivity contribution in [2.75, 3.05) is 0 Å². The molecule has 1 aromatic heterocycles.